The predicted molar refractivity (Wildman–Crippen MR) is 53.6 cm³/mol. The van der Waals surface area contributed by atoms with Crippen molar-refractivity contribution in [2.24, 2.45) is 0 Å². The summed E-state index contributed by atoms with van der Waals surface area (Å²) in [7, 11) is 1.71. The largest absolute Gasteiger partial charge is 0.497 e. The van der Waals surface area contributed by atoms with Gasteiger partial charge in [0.2, 0.25) is 0 Å². The molecular formula is C12H14O2. The first kappa shape index (κ1) is 8.30. The predicted octanol–water partition coefficient (Wildman–Crippen LogP) is 2.26. The van der Waals surface area contributed by atoms with Crippen molar-refractivity contribution in [1.29, 1.82) is 0 Å². The number of aryl methyl sites for hydroxylation is 1. The summed E-state index contributed by atoms with van der Waals surface area (Å²) in [5.74, 6) is 0.958. The van der Waals surface area contributed by atoms with Gasteiger partial charge in [0.05, 0.1) is 19.3 Å². The van der Waals surface area contributed by atoms with E-state index in [1.165, 1.54) is 17.5 Å². The van der Waals surface area contributed by atoms with E-state index < -0.39 is 0 Å². The fourth-order valence-electron chi connectivity index (χ4n) is 2.58. The van der Waals surface area contributed by atoms with Crippen LogP contribution in [0.3, 0.4) is 0 Å². The van der Waals surface area contributed by atoms with Gasteiger partial charge in [0.1, 0.15) is 5.75 Å². The molecule has 1 saturated heterocycles. The average Bonchev–Trinajstić information content (AvgIpc) is 2.55. The third-order valence-corrected chi connectivity index (χ3v) is 3.49. The lowest BCUT2D eigenvalue weighted by Gasteiger charge is -2.39. The Hall–Kier alpha value is -1.02. The van der Waals surface area contributed by atoms with Gasteiger partial charge in [-0.25, -0.2) is 0 Å². The lowest BCUT2D eigenvalue weighted by atomic mass is 9.88. The molecule has 1 fully saturated rings. The highest BCUT2D eigenvalue weighted by atomic mass is 16.5. The maximum absolute atomic E-state index is 5.74. The molecule has 14 heavy (non-hydrogen) atoms. The van der Waals surface area contributed by atoms with Crippen LogP contribution in [-0.2, 0) is 16.8 Å². The van der Waals surface area contributed by atoms with Gasteiger partial charge in [0, 0.05) is 6.42 Å². The van der Waals surface area contributed by atoms with E-state index >= 15 is 0 Å². The molecule has 2 heteroatoms. The summed E-state index contributed by atoms with van der Waals surface area (Å²) in [6.07, 6.45) is 3.47. The van der Waals surface area contributed by atoms with Crippen molar-refractivity contribution in [1.82, 2.24) is 0 Å². The van der Waals surface area contributed by atoms with E-state index in [9.17, 15) is 0 Å². The van der Waals surface area contributed by atoms with Gasteiger partial charge in [-0.3, -0.25) is 0 Å². The lowest BCUT2D eigenvalue weighted by molar-refractivity contribution is -0.152. The number of benzene rings is 1. The van der Waals surface area contributed by atoms with Gasteiger partial charge in [0.25, 0.3) is 0 Å². The number of methoxy groups -OCH3 is 1. The summed E-state index contributed by atoms with van der Waals surface area (Å²) in [5.41, 5.74) is 2.88. The van der Waals surface area contributed by atoms with Crippen molar-refractivity contribution < 1.29 is 9.47 Å². The molecule has 0 radical (unpaired) electrons. The van der Waals surface area contributed by atoms with E-state index in [-0.39, 0.29) is 5.60 Å². The molecule has 1 aliphatic heterocycles. The van der Waals surface area contributed by atoms with Crippen LogP contribution in [0.25, 0.3) is 0 Å². The van der Waals surface area contributed by atoms with Gasteiger partial charge in [-0.2, -0.15) is 0 Å². The number of fused-ring (bicyclic) bond motifs is 2. The summed E-state index contributed by atoms with van der Waals surface area (Å²) >= 11 is 0. The van der Waals surface area contributed by atoms with Crippen LogP contribution in [0.2, 0.25) is 0 Å². The normalized spacial score (nSPS) is 28.6. The van der Waals surface area contributed by atoms with Crippen LogP contribution in [0.15, 0.2) is 18.2 Å². The maximum atomic E-state index is 5.74. The van der Waals surface area contributed by atoms with Crippen molar-refractivity contribution >= 4 is 0 Å². The molecule has 0 N–H and O–H groups in total. The molecule has 0 bridgehead atoms. The third-order valence-electron chi connectivity index (χ3n) is 3.49. The van der Waals surface area contributed by atoms with Crippen LogP contribution in [0.1, 0.15) is 24.0 Å². The standard InChI is InChI=1S/C12H14O2/c1-13-10-2-3-11-9(8-10)4-5-12(11)6-7-14-12/h2-3,8H,4-7H2,1H3. The molecular weight excluding hydrogens is 176 g/mol. The molecule has 0 saturated carbocycles. The molecule has 2 aliphatic rings. The van der Waals surface area contributed by atoms with Gasteiger partial charge in [-0.1, -0.05) is 6.07 Å². The summed E-state index contributed by atoms with van der Waals surface area (Å²) in [6.45, 7) is 0.922. The minimum Gasteiger partial charge on any atom is -0.497 e. The summed E-state index contributed by atoms with van der Waals surface area (Å²) in [6, 6.07) is 6.35. The SMILES string of the molecule is COc1ccc2c(c1)CCC21CCO1. The number of hydrogen-bond acceptors (Lipinski definition) is 2. The van der Waals surface area contributed by atoms with E-state index in [4.69, 9.17) is 9.47 Å². The topological polar surface area (TPSA) is 18.5 Å². The molecule has 1 unspecified atom stereocenters. The zero-order chi connectivity index (χ0) is 9.60. The van der Waals surface area contributed by atoms with Crippen molar-refractivity contribution in [3.05, 3.63) is 29.3 Å². The second-order valence-corrected chi connectivity index (χ2v) is 4.12. The van der Waals surface area contributed by atoms with Crippen LogP contribution >= 0.6 is 0 Å². The number of hydrogen-bond donors (Lipinski definition) is 0. The second kappa shape index (κ2) is 2.74. The molecule has 3 rings (SSSR count). The maximum Gasteiger partial charge on any atom is 0.119 e. The Morgan fingerprint density at radius 1 is 1.36 bits per heavy atom. The minimum absolute atomic E-state index is 0.0849. The van der Waals surface area contributed by atoms with Gasteiger partial charge < -0.3 is 9.47 Å². The van der Waals surface area contributed by atoms with Gasteiger partial charge in [-0.15, -0.1) is 0 Å². The molecule has 1 heterocycles. The van der Waals surface area contributed by atoms with Crippen molar-refractivity contribution in [2.45, 2.75) is 24.9 Å². The molecule has 1 spiro atoms. The Kier molecular flexibility index (Phi) is 1.62. The second-order valence-electron chi connectivity index (χ2n) is 4.12. The molecule has 1 aliphatic carbocycles. The van der Waals surface area contributed by atoms with Crippen molar-refractivity contribution in [3.63, 3.8) is 0 Å². The van der Waals surface area contributed by atoms with E-state index in [2.05, 4.69) is 12.1 Å². The fourth-order valence-corrected chi connectivity index (χ4v) is 2.58. The average molecular weight is 190 g/mol. The molecule has 0 aromatic heterocycles. The smallest absolute Gasteiger partial charge is 0.119 e. The first-order valence-corrected chi connectivity index (χ1v) is 5.15. The summed E-state index contributed by atoms with van der Waals surface area (Å²) in [5, 5.41) is 0. The first-order valence-electron chi connectivity index (χ1n) is 5.15. The monoisotopic (exact) mass is 190 g/mol. The van der Waals surface area contributed by atoms with Crippen LogP contribution in [-0.4, -0.2) is 13.7 Å². The number of rotatable bonds is 1. The van der Waals surface area contributed by atoms with Gasteiger partial charge in [0.15, 0.2) is 0 Å². The first-order chi connectivity index (χ1) is 6.84. The Morgan fingerprint density at radius 3 is 2.86 bits per heavy atom. The molecule has 1 aromatic rings. The Balaban J connectivity index is 2.04. The fraction of sp³-hybridized carbons (Fsp3) is 0.500. The third kappa shape index (κ3) is 0.947. The number of ether oxygens (including phenoxy) is 2. The minimum atomic E-state index is 0.0849. The van der Waals surface area contributed by atoms with Gasteiger partial charge >= 0.3 is 0 Å². The van der Waals surface area contributed by atoms with Crippen LogP contribution < -0.4 is 4.74 Å². The molecule has 0 amide bonds. The molecule has 1 atom stereocenters. The van der Waals surface area contributed by atoms with Gasteiger partial charge in [-0.05, 0) is 36.1 Å². The summed E-state index contributed by atoms with van der Waals surface area (Å²) in [4.78, 5) is 0. The molecule has 1 aromatic carbocycles. The zero-order valence-electron chi connectivity index (χ0n) is 8.38. The highest BCUT2D eigenvalue weighted by Crippen LogP contribution is 2.48. The Morgan fingerprint density at radius 2 is 2.21 bits per heavy atom. The quantitative estimate of drug-likeness (QED) is 0.676. The van der Waals surface area contributed by atoms with Crippen LogP contribution in [0, 0.1) is 0 Å². The van der Waals surface area contributed by atoms with Crippen molar-refractivity contribution in [2.75, 3.05) is 13.7 Å². The van der Waals surface area contributed by atoms with E-state index in [1.54, 1.807) is 7.11 Å². The highest BCUT2D eigenvalue weighted by molar-refractivity contribution is 5.43. The van der Waals surface area contributed by atoms with E-state index in [0.29, 0.717) is 0 Å². The molecule has 2 nitrogen and oxygen atoms in total. The summed E-state index contributed by atoms with van der Waals surface area (Å²) < 4.78 is 11.0. The van der Waals surface area contributed by atoms with Crippen molar-refractivity contribution in [3.8, 4) is 5.75 Å². The Bertz CT molecular complexity index is 367. The highest BCUT2D eigenvalue weighted by Gasteiger charge is 2.44. The van der Waals surface area contributed by atoms with Crippen LogP contribution in [0.4, 0.5) is 0 Å². The lowest BCUT2D eigenvalue weighted by Crippen LogP contribution is -2.38. The van der Waals surface area contributed by atoms with E-state index in [1.807, 2.05) is 6.07 Å². The van der Waals surface area contributed by atoms with E-state index in [0.717, 1.165) is 25.2 Å². The Labute approximate surface area is 83.8 Å². The zero-order valence-corrected chi connectivity index (χ0v) is 8.38. The molecule has 74 valence electrons. The van der Waals surface area contributed by atoms with Crippen LogP contribution in [0.5, 0.6) is 5.75 Å².